The third-order valence-corrected chi connectivity index (χ3v) is 2.19. The van der Waals surface area contributed by atoms with Gasteiger partial charge < -0.3 is 4.74 Å². The molecule has 0 bridgehead atoms. The summed E-state index contributed by atoms with van der Waals surface area (Å²) in [7, 11) is 0. The van der Waals surface area contributed by atoms with Crippen molar-refractivity contribution in [2.45, 2.75) is 13.5 Å². The van der Waals surface area contributed by atoms with E-state index < -0.39 is 6.09 Å². The van der Waals surface area contributed by atoms with Crippen LogP contribution in [-0.4, -0.2) is 6.09 Å². The van der Waals surface area contributed by atoms with Crippen molar-refractivity contribution in [1.29, 1.82) is 0 Å². The van der Waals surface area contributed by atoms with Crippen molar-refractivity contribution in [2.24, 2.45) is 0 Å². The molecule has 1 aromatic carbocycles. The van der Waals surface area contributed by atoms with Crippen LogP contribution in [0.3, 0.4) is 0 Å². The zero-order valence-electron chi connectivity index (χ0n) is 7.06. The van der Waals surface area contributed by atoms with Crippen molar-refractivity contribution in [2.75, 3.05) is 5.32 Å². The number of ether oxygens (including phenoxy) is 1. The SMILES string of the molecule is Cc1cc(Cl)cc2c1NC(=O)OC2. The van der Waals surface area contributed by atoms with Gasteiger partial charge in [-0.05, 0) is 24.6 Å². The standard InChI is InChI=1S/C9H8ClNO2/c1-5-2-7(10)3-6-4-13-9(12)11-8(5)6/h2-3H,4H2,1H3,(H,11,12). The molecule has 1 aliphatic rings. The van der Waals surface area contributed by atoms with E-state index in [2.05, 4.69) is 5.32 Å². The fourth-order valence-corrected chi connectivity index (χ4v) is 1.68. The van der Waals surface area contributed by atoms with Crippen LogP contribution < -0.4 is 5.32 Å². The Kier molecular flexibility index (Phi) is 1.88. The van der Waals surface area contributed by atoms with E-state index in [1.807, 2.05) is 13.0 Å². The first-order valence-electron chi connectivity index (χ1n) is 3.89. The smallest absolute Gasteiger partial charge is 0.411 e. The van der Waals surface area contributed by atoms with Crippen molar-refractivity contribution in [3.63, 3.8) is 0 Å². The zero-order valence-corrected chi connectivity index (χ0v) is 7.81. The highest BCUT2D eigenvalue weighted by molar-refractivity contribution is 6.30. The predicted molar refractivity (Wildman–Crippen MR) is 50.0 cm³/mol. The highest BCUT2D eigenvalue weighted by Gasteiger charge is 2.17. The van der Waals surface area contributed by atoms with Crippen LogP contribution in [0.1, 0.15) is 11.1 Å². The number of carbonyl (C=O) groups is 1. The molecule has 0 aliphatic carbocycles. The summed E-state index contributed by atoms with van der Waals surface area (Å²) in [6, 6.07) is 3.61. The van der Waals surface area contributed by atoms with E-state index in [4.69, 9.17) is 16.3 Å². The lowest BCUT2D eigenvalue weighted by Gasteiger charge is -2.19. The number of fused-ring (bicyclic) bond motifs is 1. The maximum atomic E-state index is 10.9. The van der Waals surface area contributed by atoms with Gasteiger partial charge in [0, 0.05) is 10.6 Å². The molecule has 1 aliphatic heterocycles. The third kappa shape index (κ3) is 1.47. The zero-order chi connectivity index (χ0) is 9.42. The fourth-order valence-electron chi connectivity index (χ4n) is 1.39. The summed E-state index contributed by atoms with van der Waals surface area (Å²) in [6.07, 6.45) is -0.405. The molecule has 4 heteroatoms. The van der Waals surface area contributed by atoms with Crippen molar-refractivity contribution < 1.29 is 9.53 Å². The van der Waals surface area contributed by atoms with Gasteiger partial charge >= 0.3 is 6.09 Å². The molecule has 0 atom stereocenters. The molecule has 1 N–H and O–H groups in total. The Morgan fingerprint density at radius 2 is 2.31 bits per heavy atom. The first-order valence-corrected chi connectivity index (χ1v) is 4.27. The average molecular weight is 198 g/mol. The molecule has 1 aromatic rings. The Morgan fingerprint density at radius 3 is 3.08 bits per heavy atom. The van der Waals surface area contributed by atoms with Gasteiger partial charge in [-0.2, -0.15) is 0 Å². The first kappa shape index (κ1) is 8.38. The molecule has 68 valence electrons. The van der Waals surface area contributed by atoms with Gasteiger partial charge in [-0.3, -0.25) is 5.32 Å². The summed E-state index contributed by atoms with van der Waals surface area (Å²) in [5.41, 5.74) is 2.70. The molecule has 0 unspecified atom stereocenters. The number of hydrogen-bond acceptors (Lipinski definition) is 2. The summed E-state index contributed by atoms with van der Waals surface area (Å²) in [4.78, 5) is 10.9. The van der Waals surface area contributed by atoms with Crippen molar-refractivity contribution in [1.82, 2.24) is 0 Å². The number of benzene rings is 1. The Bertz CT molecular complexity index is 376. The van der Waals surface area contributed by atoms with Crippen LogP contribution >= 0.6 is 11.6 Å². The number of anilines is 1. The minimum atomic E-state index is -0.405. The van der Waals surface area contributed by atoms with E-state index in [9.17, 15) is 4.79 Å². The Balaban J connectivity index is 2.53. The second-order valence-corrected chi connectivity index (χ2v) is 3.39. The molecular formula is C9H8ClNO2. The number of nitrogens with one attached hydrogen (secondary N) is 1. The highest BCUT2D eigenvalue weighted by Crippen LogP contribution is 2.28. The van der Waals surface area contributed by atoms with Crippen LogP contribution in [0.5, 0.6) is 0 Å². The fraction of sp³-hybridized carbons (Fsp3) is 0.222. The number of cyclic esters (lactones) is 1. The van der Waals surface area contributed by atoms with Gasteiger partial charge in [-0.1, -0.05) is 11.6 Å². The summed E-state index contributed by atoms with van der Waals surface area (Å²) in [5.74, 6) is 0. The van der Waals surface area contributed by atoms with Crippen LogP contribution in [0.15, 0.2) is 12.1 Å². The van der Waals surface area contributed by atoms with E-state index in [-0.39, 0.29) is 0 Å². The molecule has 0 spiro atoms. The lowest BCUT2D eigenvalue weighted by molar-refractivity contribution is 0.151. The molecule has 3 nitrogen and oxygen atoms in total. The maximum absolute atomic E-state index is 10.9. The molecule has 0 radical (unpaired) electrons. The Morgan fingerprint density at radius 1 is 1.54 bits per heavy atom. The normalized spacial score (nSPS) is 14.5. The molecule has 0 saturated carbocycles. The quantitative estimate of drug-likeness (QED) is 0.695. The molecule has 1 amide bonds. The number of carbonyl (C=O) groups excluding carboxylic acids is 1. The number of halogens is 1. The maximum Gasteiger partial charge on any atom is 0.411 e. The summed E-state index contributed by atoms with van der Waals surface area (Å²) in [5, 5.41) is 3.30. The van der Waals surface area contributed by atoms with Crippen molar-refractivity contribution in [3.8, 4) is 0 Å². The molecule has 0 fully saturated rings. The number of rotatable bonds is 0. The molecule has 0 aromatic heterocycles. The largest absolute Gasteiger partial charge is 0.444 e. The monoisotopic (exact) mass is 197 g/mol. The van der Waals surface area contributed by atoms with Gasteiger partial charge in [0.05, 0.1) is 5.69 Å². The predicted octanol–water partition coefficient (Wildman–Crippen LogP) is 2.71. The molecule has 0 saturated heterocycles. The van der Waals surface area contributed by atoms with Crippen molar-refractivity contribution in [3.05, 3.63) is 28.3 Å². The van der Waals surface area contributed by atoms with Gasteiger partial charge in [0.2, 0.25) is 0 Å². The molecule has 1 heterocycles. The van der Waals surface area contributed by atoms with Gasteiger partial charge in [0.1, 0.15) is 6.61 Å². The highest BCUT2D eigenvalue weighted by atomic mass is 35.5. The Labute approximate surface area is 80.6 Å². The van der Waals surface area contributed by atoms with E-state index >= 15 is 0 Å². The lowest BCUT2D eigenvalue weighted by atomic mass is 10.1. The molecule has 2 rings (SSSR count). The average Bonchev–Trinajstić information content (AvgIpc) is 2.06. The summed E-state index contributed by atoms with van der Waals surface area (Å²) >= 11 is 5.85. The van der Waals surface area contributed by atoms with Crippen molar-refractivity contribution >= 4 is 23.4 Å². The van der Waals surface area contributed by atoms with Crippen LogP contribution in [0, 0.1) is 6.92 Å². The van der Waals surface area contributed by atoms with E-state index in [1.165, 1.54) is 0 Å². The van der Waals surface area contributed by atoms with Gasteiger partial charge in [0.15, 0.2) is 0 Å². The van der Waals surface area contributed by atoms with Crippen LogP contribution in [0.2, 0.25) is 5.02 Å². The molecule has 13 heavy (non-hydrogen) atoms. The van der Waals surface area contributed by atoms with Gasteiger partial charge in [-0.15, -0.1) is 0 Å². The van der Waals surface area contributed by atoms with E-state index in [0.717, 1.165) is 16.8 Å². The topological polar surface area (TPSA) is 38.3 Å². The van der Waals surface area contributed by atoms with Crippen LogP contribution in [0.25, 0.3) is 0 Å². The molecular weight excluding hydrogens is 190 g/mol. The minimum absolute atomic E-state index is 0.294. The second-order valence-electron chi connectivity index (χ2n) is 2.96. The summed E-state index contributed by atoms with van der Waals surface area (Å²) in [6.45, 7) is 2.19. The van der Waals surface area contributed by atoms with Crippen LogP contribution in [-0.2, 0) is 11.3 Å². The number of aryl methyl sites for hydroxylation is 1. The third-order valence-electron chi connectivity index (χ3n) is 1.97. The van der Waals surface area contributed by atoms with E-state index in [1.54, 1.807) is 6.07 Å². The Hall–Kier alpha value is -1.22. The lowest BCUT2D eigenvalue weighted by Crippen LogP contribution is -2.21. The minimum Gasteiger partial charge on any atom is -0.444 e. The number of hydrogen-bond donors (Lipinski definition) is 1. The van der Waals surface area contributed by atoms with Gasteiger partial charge in [0.25, 0.3) is 0 Å². The first-order chi connectivity index (χ1) is 6.16. The van der Waals surface area contributed by atoms with E-state index in [0.29, 0.717) is 11.6 Å². The van der Waals surface area contributed by atoms with Crippen LogP contribution in [0.4, 0.5) is 10.5 Å². The second kappa shape index (κ2) is 2.92. The summed E-state index contributed by atoms with van der Waals surface area (Å²) < 4.78 is 4.81. The number of amides is 1. The van der Waals surface area contributed by atoms with Gasteiger partial charge in [-0.25, -0.2) is 4.79 Å².